The Hall–Kier alpha value is -1.85. The van der Waals surface area contributed by atoms with Crippen LogP contribution in [-0.4, -0.2) is 50.1 Å². The summed E-state index contributed by atoms with van der Waals surface area (Å²) < 4.78 is 11.1. The lowest BCUT2D eigenvalue weighted by atomic mass is 10.1. The number of carbonyl (C=O) groups is 1. The number of rotatable bonds is 7. The Labute approximate surface area is 169 Å². The van der Waals surface area contributed by atoms with E-state index in [1.54, 1.807) is 24.3 Å². The minimum Gasteiger partial charge on any atom is -0.492 e. The van der Waals surface area contributed by atoms with Crippen molar-refractivity contribution >= 4 is 35.1 Å². The van der Waals surface area contributed by atoms with Crippen molar-refractivity contribution in [1.82, 2.24) is 4.90 Å². The van der Waals surface area contributed by atoms with E-state index >= 15 is 0 Å². The number of halogens is 2. The van der Waals surface area contributed by atoms with E-state index in [0.717, 1.165) is 44.2 Å². The highest BCUT2D eigenvalue weighted by Crippen LogP contribution is 2.23. The molecule has 4 nitrogen and oxygen atoms in total. The number of hydrogen-bond donors (Lipinski definition) is 0. The zero-order valence-electron chi connectivity index (χ0n) is 14.9. The summed E-state index contributed by atoms with van der Waals surface area (Å²) in [5, 5.41) is 0.802. The summed E-state index contributed by atoms with van der Waals surface area (Å²) in [6, 6.07) is 12.5. The van der Waals surface area contributed by atoms with E-state index in [0.29, 0.717) is 22.2 Å². The maximum Gasteiger partial charge on any atom is 0.185 e. The Morgan fingerprint density at radius 2 is 1.81 bits per heavy atom. The molecule has 1 fully saturated rings. The predicted molar refractivity (Wildman–Crippen MR) is 109 cm³/mol. The first-order valence-electron chi connectivity index (χ1n) is 8.82. The van der Waals surface area contributed by atoms with Gasteiger partial charge in [0.2, 0.25) is 0 Å². The summed E-state index contributed by atoms with van der Waals surface area (Å²) in [5.41, 5.74) is 1.42. The molecular weight excluding hydrogens is 385 g/mol. The number of nitrogens with zero attached hydrogens (tertiary/aromatic N) is 1. The second-order valence-electron chi connectivity index (χ2n) is 6.20. The molecule has 0 N–H and O–H groups in total. The van der Waals surface area contributed by atoms with Gasteiger partial charge < -0.3 is 9.47 Å². The number of hydrogen-bond acceptors (Lipinski definition) is 4. The third kappa shape index (κ3) is 6.08. The molecular formula is C21H21Cl2NO3. The van der Waals surface area contributed by atoms with Gasteiger partial charge in [0.05, 0.1) is 23.3 Å². The molecule has 1 aliphatic rings. The van der Waals surface area contributed by atoms with Crippen molar-refractivity contribution in [3.05, 3.63) is 69.7 Å². The normalized spacial score (nSPS) is 15.2. The fourth-order valence-electron chi connectivity index (χ4n) is 2.71. The first kappa shape index (κ1) is 19.9. The lowest BCUT2D eigenvalue weighted by Crippen LogP contribution is -2.38. The highest BCUT2D eigenvalue weighted by Gasteiger charge is 2.09. The molecule has 0 unspecified atom stereocenters. The maximum atomic E-state index is 12.2. The summed E-state index contributed by atoms with van der Waals surface area (Å²) in [4.78, 5) is 14.5. The third-order valence-electron chi connectivity index (χ3n) is 4.29. The van der Waals surface area contributed by atoms with Gasteiger partial charge in [-0.25, -0.2) is 0 Å². The molecule has 1 heterocycles. The van der Waals surface area contributed by atoms with E-state index < -0.39 is 0 Å². The van der Waals surface area contributed by atoms with Gasteiger partial charge in [-0.15, -0.1) is 0 Å². The van der Waals surface area contributed by atoms with Crippen molar-refractivity contribution in [3.63, 3.8) is 0 Å². The number of morpholine rings is 1. The second kappa shape index (κ2) is 9.90. The molecule has 0 aliphatic carbocycles. The van der Waals surface area contributed by atoms with Gasteiger partial charge in [0.1, 0.15) is 12.4 Å². The molecule has 0 aromatic heterocycles. The minimum absolute atomic E-state index is 0.126. The molecule has 2 aromatic rings. The molecule has 6 heteroatoms. The summed E-state index contributed by atoms with van der Waals surface area (Å²) >= 11 is 11.8. The molecule has 0 atom stereocenters. The van der Waals surface area contributed by atoms with Crippen molar-refractivity contribution in [3.8, 4) is 5.75 Å². The lowest BCUT2D eigenvalue weighted by molar-refractivity contribution is 0.0322. The van der Waals surface area contributed by atoms with Crippen molar-refractivity contribution < 1.29 is 14.3 Å². The third-order valence-corrected chi connectivity index (χ3v) is 5.03. The van der Waals surface area contributed by atoms with Crippen LogP contribution in [0.25, 0.3) is 6.08 Å². The Kier molecular flexibility index (Phi) is 7.30. The topological polar surface area (TPSA) is 38.8 Å². The van der Waals surface area contributed by atoms with Crippen LogP contribution in [0.3, 0.4) is 0 Å². The fourth-order valence-corrected chi connectivity index (χ4v) is 3.01. The molecule has 0 amide bonds. The SMILES string of the molecule is O=C(/C=C/c1ccc(OCCN2CCOCC2)cc1)c1ccc(Cl)c(Cl)c1. The van der Waals surface area contributed by atoms with Gasteiger partial charge in [-0.2, -0.15) is 0 Å². The Bertz CT molecular complexity index is 800. The van der Waals surface area contributed by atoms with Crippen LogP contribution in [0.1, 0.15) is 15.9 Å². The first-order chi connectivity index (χ1) is 13.1. The van der Waals surface area contributed by atoms with Crippen LogP contribution in [0.2, 0.25) is 10.0 Å². The van der Waals surface area contributed by atoms with Gasteiger partial charge in [-0.05, 0) is 42.0 Å². The molecule has 0 radical (unpaired) electrons. The minimum atomic E-state index is -0.126. The van der Waals surface area contributed by atoms with Crippen LogP contribution < -0.4 is 4.74 Å². The number of benzene rings is 2. The highest BCUT2D eigenvalue weighted by atomic mass is 35.5. The van der Waals surface area contributed by atoms with Crippen LogP contribution >= 0.6 is 23.2 Å². The van der Waals surface area contributed by atoms with Crippen LogP contribution in [0, 0.1) is 0 Å². The zero-order chi connectivity index (χ0) is 19.1. The van der Waals surface area contributed by atoms with Gasteiger partial charge in [-0.3, -0.25) is 9.69 Å². The average Bonchev–Trinajstić information content (AvgIpc) is 2.70. The van der Waals surface area contributed by atoms with E-state index in [4.69, 9.17) is 32.7 Å². The molecule has 3 rings (SSSR count). The molecule has 0 saturated carbocycles. The van der Waals surface area contributed by atoms with Gasteiger partial charge in [-0.1, -0.05) is 41.4 Å². The van der Waals surface area contributed by atoms with E-state index in [9.17, 15) is 4.79 Å². The van der Waals surface area contributed by atoms with E-state index in [1.807, 2.05) is 24.3 Å². The van der Waals surface area contributed by atoms with Crippen LogP contribution in [0.4, 0.5) is 0 Å². The predicted octanol–water partition coefficient (Wildman–Crippen LogP) is 4.60. The van der Waals surface area contributed by atoms with E-state index in [1.165, 1.54) is 6.08 Å². The maximum absolute atomic E-state index is 12.2. The molecule has 142 valence electrons. The number of ketones is 1. The summed E-state index contributed by atoms with van der Waals surface area (Å²) in [7, 11) is 0. The molecule has 27 heavy (non-hydrogen) atoms. The van der Waals surface area contributed by atoms with Gasteiger partial charge >= 0.3 is 0 Å². The Balaban J connectivity index is 1.49. The fraction of sp³-hybridized carbons (Fsp3) is 0.286. The molecule has 1 saturated heterocycles. The lowest BCUT2D eigenvalue weighted by Gasteiger charge is -2.26. The standard InChI is InChI=1S/C21H21Cl2NO3/c22-19-7-4-17(15-20(19)23)21(25)8-3-16-1-5-18(6-2-16)27-14-11-24-9-12-26-13-10-24/h1-8,15H,9-14H2/b8-3+. The summed E-state index contributed by atoms with van der Waals surface area (Å²) in [6.45, 7) is 5.04. The van der Waals surface area contributed by atoms with E-state index in [2.05, 4.69) is 4.90 Å². The van der Waals surface area contributed by atoms with E-state index in [-0.39, 0.29) is 5.78 Å². The summed E-state index contributed by atoms with van der Waals surface area (Å²) in [6.07, 6.45) is 3.29. The molecule has 0 spiro atoms. The Morgan fingerprint density at radius 3 is 2.52 bits per heavy atom. The van der Waals surface area contributed by atoms with Crippen molar-refractivity contribution in [1.29, 1.82) is 0 Å². The number of allylic oxidation sites excluding steroid dienone is 1. The van der Waals surface area contributed by atoms with Crippen LogP contribution in [0.15, 0.2) is 48.5 Å². The number of ether oxygens (including phenoxy) is 2. The van der Waals surface area contributed by atoms with Gasteiger partial charge in [0.25, 0.3) is 0 Å². The van der Waals surface area contributed by atoms with Crippen LogP contribution in [0.5, 0.6) is 5.75 Å². The first-order valence-corrected chi connectivity index (χ1v) is 9.58. The van der Waals surface area contributed by atoms with Crippen molar-refractivity contribution in [2.75, 3.05) is 39.5 Å². The molecule has 1 aliphatic heterocycles. The molecule has 2 aromatic carbocycles. The monoisotopic (exact) mass is 405 g/mol. The zero-order valence-corrected chi connectivity index (χ0v) is 16.4. The van der Waals surface area contributed by atoms with Crippen molar-refractivity contribution in [2.24, 2.45) is 0 Å². The van der Waals surface area contributed by atoms with Gasteiger partial charge in [0, 0.05) is 25.2 Å². The average molecular weight is 406 g/mol. The van der Waals surface area contributed by atoms with Gasteiger partial charge in [0.15, 0.2) is 5.78 Å². The second-order valence-corrected chi connectivity index (χ2v) is 7.01. The summed E-state index contributed by atoms with van der Waals surface area (Å²) in [5.74, 6) is 0.690. The number of carbonyl (C=O) groups excluding carboxylic acids is 1. The quantitative estimate of drug-likeness (QED) is 0.498. The smallest absolute Gasteiger partial charge is 0.185 e. The highest BCUT2D eigenvalue weighted by molar-refractivity contribution is 6.42. The Morgan fingerprint density at radius 1 is 1.07 bits per heavy atom. The van der Waals surface area contributed by atoms with Crippen molar-refractivity contribution in [2.45, 2.75) is 0 Å². The van der Waals surface area contributed by atoms with Crippen LogP contribution in [-0.2, 0) is 4.74 Å². The molecule has 0 bridgehead atoms. The largest absolute Gasteiger partial charge is 0.492 e.